The van der Waals surface area contributed by atoms with Gasteiger partial charge in [0.25, 0.3) is 0 Å². The second-order valence-corrected chi connectivity index (χ2v) is 7.89. The summed E-state index contributed by atoms with van der Waals surface area (Å²) in [5.74, 6) is 1.33. The topological polar surface area (TPSA) is 66.2 Å². The molecule has 0 aliphatic rings. The van der Waals surface area contributed by atoms with Crippen molar-refractivity contribution < 1.29 is 14.3 Å². The van der Waals surface area contributed by atoms with E-state index in [-0.39, 0.29) is 23.7 Å². The zero-order valence-electron chi connectivity index (χ0n) is 16.4. The highest BCUT2D eigenvalue weighted by atomic mass is 35.5. The van der Waals surface area contributed by atoms with Crippen LogP contribution in [0.25, 0.3) is 0 Å². The van der Waals surface area contributed by atoms with Gasteiger partial charge in [-0.1, -0.05) is 37.2 Å². The molecule has 2 aromatic rings. The van der Waals surface area contributed by atoms with Crippen molar-refractivity contribution in [2.45, 2.75) is 58.2 Å². The van der Waals surface area contributed by atoms with E-state index >= 15 is 0 Å². The number of hydrogen-bond donors (Lipinski definition) is 0. The smallest absolute Gasteiger partial charge is 0.319 e. The first kappa shape index (κ1) is 21.6. The molecule has 0 N–H and O–H groups in total. The van der Waals surface area contributed by atoms with Crippen LogP contribution in [0.15, 0.2) is 23.4 Å². The van der Waals surface area contributed by atoms with E-state index in [1.165, 1.54) is 11.8 Å². The van der Waals surface area contributed by atoms with Crippen LogP contribution in [0.2, 0.25) is 5.02 Å². The van der Waals surface area contributed by atoms with Crippen molar-refractivity contribution in [3.8, 4) is 5.75 Å². The lowest BCUT2D eigenvalue weighted by atomic mass is 10.1. The Kier molecular flexibility index (Phi) is 7.98. The van der Waals surface area contributed by atoms with Crippen molar-refractivity contribution in [2.24, 2.45) is 5.92 Å². The minimum Gasteiger partial charge on any atom is -0.486 e. The van der Waals surface area contributed by atoms with Gasteiger partial charge in [0.1, 0.15) is 17.6 Å². The largest absolute Gasteiger partial charge is 0.486 e. The van der Waals surface area contributed by atoms with E-state index in [2.05, 4.69) is 10.2 Å². The molecular weight excluding hydrogens is 386 g/mol. The molecule has 0 fully saturated rings. The van der Waals surface area contributed by atoms with E-state index in [1.54, 1.807) is 0 Å². The molecule has 6 nitrogen and oxygen atoms in total. The molecule has 0 amide bonds. The third-order valence-corrected chi connectivity index (χ3v) is 5.89. The lowest BCUT2D eigenvalue weighted by Crippen LogP contribution is -2.26. The number of benzene rings is 1. The Balaban J connectivity index is 2.12. The Morgan fingerprint density at radius 1 is 1.30 bits per heavy atom. The summed E-state index contributed by atoms with van der Waals surface area (Å²) in [5.41, 5.74) is 0.955. The number of carbonyl (C=O) groups is 1. The van der Waals surface area contributed by atoms with Crippen LogP contribution in [0, 0.1) is 12.8 Å². The number of rotatable bonds is 9. The van der Waals surface area contributed by atoms with Crippen LogP contribution in [0.4, 0.5) is 0 Å². The normalized spacial score (nSPS) is 12.3. The maximum Gasteiger partial charge on any atom is 0.319 e. The number of halogens is 1. The number of nitrogens with zero attached hydrogens (tertiary/aromatic N) is 3. The Labute approximate surface area is 169 Å². The van der Waals surface area contributed by atoms with Crippen molar-refractivity contribution >= 4 is 29.3 Å². The van der Waals surface area contributed by atoms with Gasteiger partial charge in [-0.15, -0.1) is 10.2 Å². The summed E-state index contributed by atoms with van der Waals surface area (Å²) in [6.07, 6.45) is 0. The second-order valence-electron chi connectivity index (χ2n) is 6.38. The average Bonchev–Trinajstić information content (AvgIpc) is 3.02. The number of esters is 1. The molecule has 8 heteroatoms. The lowest BCUT2D eigenvalue weighted by Gasteiger charge is -2.18. The van der Waals surface area contributed by atoms with Crippen LogP contribution in [-0.4, -0.2) is 32.6 Å². The average molecular weight is 412 g/mol. The van der Waals surface area contributed by atoms with Crippen LogP contribution in [0.5, 0.6) is 5.75 Å². The van der Waals surface area contributed by atoms with E-state index in [0.29, 0.717) is 29.2 Å². The molecule has 0 spiro atoms. The zero-order chi connectivity index (χ0) is 20.0. The fraction of sp³-hybridized carbons (Fsp3) is 0.526. The van der Waals surface area contributed by atoms with Gasteiger partial charge in [0.15, 0.2) is 11.0 Å². The van der Waals surface area contributed by atoms with E-state index < -0.39 is 0 Å². The summed E-state index contributed by atoms with van der Waals surface area (Å²) in [5, 5.41) is 9.58. The Bertz CT molecular complexity index is 780. The maximum atomic E-state index is 12.2. The molecule has 0 radical (unpaired) electrons. The number of hydrogen-bond acceptors (Lipinski definition) is 6. The van der Waals surface area contributed by atoms with Crippen molar-refractivity contribution in [1.82, 2.24) is 14.8 Å². The first-order chi connectivity index (χ1) is 12.9. The Hall–Kier alpha value is -1.73. The van der Waals surface area contributed by atoms with Crippen LogP contribution in [0.3, 0.4) is 0 Å². The molecule has 0 saturated carbocycles. The van der Waals surface area contributed by atoms with Crippen LogP contribution >= 0.6 is 23.4 Å². The molecule has 0 aliphatic heterocycles. The third kappa shape index (κ3) is 5.62. The summed E-state index contributed by atoms with van der Waals surface area (Å²) in [6.45, 7) is 11.1. The molecule has 1 aromatic carbocycles. The van der Waals surface area contributed by atoms with Crippen LogP contribution < -0.4 is 4.74 Å². The van der Waals surface area contributed by atoms with Crippen molar-refractivity contribution in [1.29, 1.82) is 0 Å². The summed E-state index contributed by atoms with van der Waals surface area (Å²) < 4.78 is 13.0. The van der Waals surface area contributed by atoms with Gasteiger partial charge >= 0.3 is 5.97 Å². The standard InChI is InChI=1S/C19H26ClN3O3S/c1-6-23-16(11-26-14-8-9-15(20)13(5)10-14)21-22-19(23)27-17(12(3)4)18(24)25-7-2/h8-10,12,17H,6-7,11H2,1-5H3. The number of carbonyl (C=O) groups excluding carboxylic acids is 1. The SMILES string of the molecule is CCOC(=O)C(Sc1nnc(COc2ccc(Cl)c(C)c2)n1CC)C(C)C. The number of aromatic nitrogens is 3. The zero-order valence-corrected chi connectivity index (χ0v) is 17.9. The highest BCUT2D eigenvalue weighted by Crippen LogP contribution is 2.29. The third-order valence-electron chi connectivity index (χ3n) is 3.96. The van der Waals surface area contributed by atoms with E-state index in [1.807, 2.05) is 57.4 Å². The molecule has 0 saturated heterocycles. The Morgan fingerprint density at radius 3 is 2.63 bits per heavy atom. The molecule has 0 aliphatic carbocycles. The molecule has 1 aromatic heterocycles. The van der Waals surface area contributed by atoms with Gasteiger partial charge in [-0.3, -0.25) is 4.79 Å². The second kappa shape index (κ2) is 9.99. The van der Waals surface area contributed by atoms with Gasteiger partial charge in [-0.25, -0.2) is 0 Å². The van der Waals surface area contributed by atoms with E-state index in [0.717, 1.165) is 11.3 Å². The molecule has 1 heterocycles. The highest BCUT2D eigenvalue weighted by molar-refractivity contribution is 8.00. The molecule has 2 rings (SSSR count). The minimum absolute atomic E-state index is 0.118. The van der Waals surface area contributed by atoms with Crippen molar-refractivity contribution in [3.05, 3.63) is 34.6 Å². The van der Waals surface area contributed by atoms with Gasteiger partial charge in [0.05, 0.1) is 6.61 Å². The van der Waals surface area contributed by atoms with Crippen LogP contribution in [0.1, 0.15) is 39.1 Å². The first-order valence-electron chi connectivity index (χ1n) is 9.01. The number of thioether (sulfide) groups is 1. The predicted molar refractivity (Wildman–Crippen MR) is 107 cm³/mol. The highest BCUT2D eigenvalue weighted by Gasteiger charge is 2.27. The molecule has 148 valence electrons. The van der Waals surface area contributed by atoms with Gasteiger partial charge in [-0.05, 0) is 50.5 Å². The number of ether oxygens (including phenoxy) is 2. The summed E-state index contributed by atoms with van der Waals surface area (Å²) in [6, 6.07) is 5.53. The summed E-state index contributed by atoms with van der Waals surface area (Å²) in [4.78, 5) is 12.2. The molecule has 0 bridgehead atoms. The predicted octanol–water partition coefficient (Wildman–Crippen LogP) is 4.52. The van der Waals surface area contributed by atoms with E-state index in [9.17, 15) is 4.79 Å². The van der Waals surface area contributed by atoms with Gasteiger partial charge < -0.3 is 14.0 Å². The van der Waals surface area contributed by atoms with Crippen LogP contribution in [-0.2, 0) is 22.7 Å². The van der Waals surface area contributed by atoms with E-state index in [4.69, 9.17) is 21.1 Å². The monoisotopic (exact) mass is 411 g/mol. The Morgan fingerprint density at radius 2 is 2.04 bits per heavy atom. The van der Waals surface area contributed by atoms with Crippen molar-refractivity contribution in [2.75, 3.05) is 6.61 Å². The summed E-state index contributed by atoms with van der Waals surface area (Å²) >= 11 is 7.43. The summed E-state index contributed by atoms with van der Waals surface area (Å²) in [7, 11) is 0. The molecule has 1 atom stereocenters. The molecule has 1 unspecified atom stereocenters. The van der Waals surface area contributed by atoms with Gasteiger partial charge in [0, 0.05) is 11.6 Å². The van der Waals surface area contributed by atoms with Gasteiger partial charge in [-0.2, -0.15) is 0 Å². The fourth-order valence-electron chi connectivity index (χ4n) is 2.48. The number of aryl methyl sites for hydroxylation is 1. The lowest BCUT2D eigenvalue weighted by molar-refractivity contribution is -0.143. The van der Waals surface area contributed by atoms with Gasteiger partial charge in [0.2, 0.25) is 0 Å². The molecular formula is C19H26ClN3O3S. The van der Waals surface area contributed by atoms with Crippen molar-refractivity contribution in [3.63, 3.8) is 0 Å². The fourth-order valence-corrected chi connectivity index (χ4v) is 3.71. The maximum absolute atomic E-state index is 12.2. The minimum atomic E-state index is -0.327. The molecule has 27 heavy (non-hydrogen) atoms. The first-order valence-corrected chi connectivity index (χ1v) is 10.3. The quantitative estimate of drug-likeness (QED) is 0.446.